The van der Waals surface area contributed by atoms with Gasteiger partial charge in [-0.3, -0.25) is 0 Å². The topological polar surface area (TPSA) is 3.24 Å². The van der Waals surface area contributed by atoms with E-state index in [4.69, 9.17) is 0 Å². The molecule has 1 nitrogen and oxygen atoms in total. The molecule has 94 valence electrons. The highest BCUT2D eigenvalue weighted by atomic mass is 15.2. The molecule has 0 saturated carbocycles. The van der Waals surface area contributed by atoms with E-state index in [-0.39, 0.29) is 0 Å². The lowest BCUT2D eigenvalue weighted by Gasteiger charge is -2.30. The minimum atomic E-state index is 0.560. The van der Waals surface area contributed by atoms with E-state index in [9.17, 15) is 0 Å². The van der Waals surface area contributed by atoms with Crippen LogP contribution in [0.5, 0.6) is 0 Å². The molecule has 0 radical (unpaired) electrons. The van der Waals surface area contributed by atoms with Crippen LogP contribution in [-0.4, -0.2) is 12.1 Å². The van der Waals surface area contributed by atoms with Crippen molar-refractivity contribution in [1.29, 1.82) is 0 Å². The third kappa shape index (κ3) is 1.53. The zero-order valence-electron chi connectivity index (χ0n) is 11.6. The molecule has 2 aromatic rings. The average molecular weight is 239 g/mol. The molecule has 2 unspecified atom stereocenters. The summed E-state index contributed by atoms with van der Waals surface area (Å²) >= 11 is 0. The standard InChI is InChI=1S/C17H21N/c1-11(2)18-13(4)12(3)16-9-14-7-5-6-8-15(14)10-17(16)18/h5-13H,1-4H3. The summed E-state index contributed by atoms with van der Waals surface area (Å²) in [7, 11) is 0. The summed E-state index contributed by atoms with van der Waals surface area (Å²) in [6.07, 6.45) is 0. The van der Waals surface area contributed by atoms with Crippen LogP contribution >= 0.6 is 0 Å². The third-order valence-electron chi connectivity index (χ3n) is 4.38. The summed E-state index contributed by atoms with van der Waals surface area (Å²) in [5, 5.41) is 2.71. The molecule has 1 aliphatic rings. The van der Waals surface area contributed by atoms with Gasteiger partial charge in [0.2, 0.25) is 0 Å². The quantitative estimate of drug-likeness (QED) is 0.705. The Balaban J connectivity index is 2.24. The number of hydrogen-bond acceptors (Lipinski definition) is 1. The van der Waals surface area contributed by atoms with Gasteiger partial charge in [-0.25, -0.2) is 0 Å². The SMILES string of the molecule is CC1c2cc3ccccc3cc2N(C(C)C)C1C. The van der Waals surface area contributed by atoms with Crippen molar-refractivity contribution in [1.82, 2.24) is 0 Å². The Hall–Kier alpha value is -1.50. The Kier molecular flexibility index (Phi) is 2.58. The van der Waals surface area contributed by atoms with Gasteiger partial charge in [0.15, 0.2) is 0 Å². The normalized spacial score (nSPS) is 22.8. The Morgan fingerprint density at radius 1 is 1.00 bits per heavy atom. The van der Waals surface area contributed by atoms with E-state index in [1.54, 1.807) is 0 Å². The third-order valence-corrected chi connectivity index (χ3v) is 4.38. The van der Waals surface area contributed by atoms with Gasteiger partial charge in [-0.05, 0) is 49.2 Å². The van der Waals surface area contributed by atoms with Crippen LogP contribution in [0.25, 0.3) is 10.8 Å². The highest BCUT2D eigenvalue weighted by Crippen LogP contribution is 2.43. The number of fused-ring (bicyclic) bond motifs is 2. The summed E-state index contributed by atoms with van der Waals surface area (Å²) in [6, 6.07) is 14.6. The highest BCUT2D eigenvalue weighted by Gasteiger charge is 2.34. The smallest absolute Gasteiger partial charge is 0.0413 e. The molecule has 0 fully saturated rings. The molecule has 0 amide bonds. The van der Waals surface area contributed by atoms with E-state index in [1.807, 2.05) is 0 Å². The van der Waals surface area contributed by atoms with Crippen molar-refractivity contribution < 1.29 is 0 Å². The molecule has 0 aromatic heterocycles. The van der Waals surface area contributed by atoms with Crippen molar-refractivity contribution in [2.24, 2.45) is 0 Å². The van der Waals surface area contributed by atoms with Crippen molar-refractivity contribution in [2.75, 3.05) is 4.90 Å². The maximum atomic E-state index is 2.56. The first-order chi connectivity index (χ1) is 8.59. The first kappa shape index (κ1) is 11.6. The monoisotopic (exact) mass is 239 g/mol. The van der Waals surface area contributed by atoms with Crippen molar-refractivity contribution in [3.63, 3.8) is 0 Å². The fraction of sp³-hybridized carbons (Fsp3) is 0.412. The predicted molar refractivity (Wildman–Crippen MR) is 79.4 cm³/mol. The number of anilines is 1. The van der Waals surface area contributed by atoms with Crippen LogP contribution in [-0.2, 0) is 0 Å². The average Bonchev–Trinajstić information content (AvgIpc) is 2.59. The minimum Gasteiger partial charge on any atom is -0.366 e. The number of hydrogen-bond donors (Lipinski definition) is 0. The second-order valence-electron chi connectivity index (χ2n) is 5.79. The van der Waals surface area contributed by atoms with Gasteiger partial charge in [-0.2, -0.15) is 0 Å². The van der Waals surface area contributed by atoms with E-state index in [0.717, 1.165) is 0 Å². The molecule has 0 bridgehead atoms. The van der Waals surface area contributed by atoms with E-state index < -0.39 is 0 Å². The first-order valence-corrected chi connectivity index (χ1v) is 6.90. The molecule has 2 atom stereocenters. The van der Waals surface area contributed by atoms with Crippen LogP contribution in [0, 0.1) is 0 Å². The van der Waals surface area contributed by atoms with Gasteiger partial charge < -0.3 is 4.90 Å². The second kappa shape index (κ2) is 4.01. The fourth-order valence-corrected chi connectivity index (χ4v) is 3.30. The lowest BCUT2D eigenvalue weighted by atomic mass is 9.96. The molecular weight excluding hydrogens is 218 g/mol. The van der Waals surface area contributed by atoms with Gasteiger partial charge in [-0.15, -0.1) is 0 Å². The van der Waals surface area contributed by atoms with Crippen molar-refractivity contribution in [3.8, 4) is 0 Å². The van der Waals surface area contributed by atoms with Gasteiger partial charge in [0.25, 0.3) is 0 Å². The molecule has 1 heteroatoms. The summed E-state index contributed by atoms with van der Waals surface area (Å²) in [5.74, 6) is 0.618. The van der Waals surface area contributed by atoms with Crippen LogP contribution in [0.15, 0.2) is 36.4 Å². The number of benzene rings is 2. The van der Waals surface area contributed by atoms with Gasteiger partial charge in [0, 0.05) is 23.7 Å². The molecule has 1 heterocycles. The van der Waals surface area contributed by atoms with Crippen molar-refractivity contribution >= 4 is 16.5 Å². The van der Waals surface area contributed by atoms with Crippen LogP contribution in [0.4, 0.5) is 5.69 Å². The summed E-state index contributed by atoms with van der Waals surface area (Å²) in [5.41, 5.74) is 2.94. The molecular formula is C17H21N. The zero-order chi connectivity index (χ0) is 12.9. The van der Waals surface area contributed by atoms with E-state index in [1.165, 1.54) is 22.0 Å². The Bertz CT molecular complexity index is 585. The van der Waals surface area contributed by atoms with Crippen LogP contribution in [0.3, 0.4) is 0 Å². The lowest BCUT2D eigenvalue weighted by Crippen LogP contribution is -2.36. The van der Waals surface area contributed by atoms with Gasteiger partial charge >= 0.3 is 0 Å². The molecule has 0 saturated heterocycles. The maximum Gasteiger partial charge on any atom is 0.0413 e. The molecule has 0 aliphatic carbocycles. The molecule has 2 aromatic carbocycles. The second-order valence-corrected chi connectivity index (χ2v) is 5.79. The molecule has 3 rings (SSSR count). The van der Waals surface area contributed by atoms with Crippen LogP contribution in [0.1, 0.15) is 39.2 Å². The highest BCUT2D eigenvalue weighted by molar-refractivity contribution is 5.89. The molecule has 0 N–H and O–H groups in total. The fourth-order valence-electron chi connectivity index (χ4n) is 3.30. The summed E-state index contributed by atoms with van der Waals surface area (Å²) in [6.45, 7) is 9.26. The Labute approximate surface area is 109 Å². The zero-order valence-corrected chi connectivity index (χ0v) is 11.6. The Morgan fingerprint density at radius 3 is 2.22 bits per heavy atom. The Morgan fingerprint density at radius 2 is 1.61 bits per heavy atom. The van der Waals surface area contributed by atoms with Crippen molar-refractivity contribution in [2.45, 2.75) is 45.7 Å². The lowest BCUT2D eigenvalue weighted by molar-refractivity contribution is 0.550. The number of nitrogens with zero attached hydrogens (tertiary/aromatic N) is 1. The largest absolute Gasteiger partial charge is 0.366 e. The van der Waals surface area contributed by atoms with E-state index in [0.29, 0.717) is 18.0 Å². The molecule has 18 heavy (non-hydrogen) atoms. The minimum absolute atomic E-state index is 0.560. The molecule has 0 spiro atoms. The first-order valence-electron chi connectivity index (χ1n) is 6.90. The maximum absolute atomic E-state index is 2.56. The van der Waals surface area contributed by atoms with E-state index >= 15 is 0 Å². The van der Waals surface area contributed by atoms with Gasteiger partial charge in [0.05, 0.1) is 0 Å². The van der Waals surface area contributed by atoms with Crippen LogP contribution < -0.4 is 4.90 Å². The van der Waals surface area contributed by atoms with Crippen LogP contribution in [0.2, 0.25) is 0 Å². The molecule has 1 aliphatic heterocycles. The van der Waals surface area contributed by atoms with Gasteiger partial charge in [-0.1, -0.05) is 31.2 Å². The van der Waals surface area contributed by atoms with Crippen molar-refractivity contribution in [3.05, 3.63) is 42.0 Å². The number of rotatable bonds is 1. The summed E-state index contributed by atoms with van der Waals surface area (Å²) in [4.78, 5) is 2.56. The van der Waals surface area contributed by atoms with E-state index in [2.05, 4.69) is 69.0 Å². The van der Waals surface area contributed by atoms with Gasteiger partial charge in [0.1, 0.15) is 0 Å². The summed E-state index contributed by atoms with van der Waals surface area (Å²) < 4.78 is 0. The predicted octanol–water partition coefficient (Wildman–Crippen LogP) is 4.56.